The summed E-state index contributed by atoms with van der Waals surface area (Å²) >= 11 is 0. The van der Waals surface area contributed by atoms with Crippen LogP contribution in [0.5, 0.6) is 0 Å². The van der Waals surface area contributed by atoms with Gasteiger partial charge >= 0.3 is 6.09 Å². The molecule has 1 unspecified atom stereocenters. The van der Waals surface area contributed by atoms with E-state index < -0.39 is 5.60 Å². The third kappa shape index (κ3) is 8.08. The summed E-state index contributed by atoms with van der Waals surface area (Å²) in [5, 5.41) is 15.2. The molecule has 0 aliphatic carbocycles. The Bertz CT molecular complexity index is 760. The predicted molar refractivity (Wildman–Crippen MR) is 137 cm³/mol. The molecule has 1 aromatic heterocycles. The van der Waals surface area contributed by atoms with Gasteiger partial charge in [-0.05, 0) is 53.4 Å². The maximum absolute atomic E-state index is 12.1. The average Bonchev–Trinajstić information content (AvgIpc) is 3.23. The van der Waals surface area contributed by atoms with Gasteiger partial charge in [0.1, 0.15) is 17.2 Å². The first-order valence-corrected chi connectivity index (χ1v) is 11.8. The maximum Gasteiger partial charge on any atom is 0.407 e. The van der Waals surface area contributed by atoms with E-state index in [1.807, 2.05) is 20.8 Å². The number of carbonyl (C=O) groups is 1. The number of hydrogen-bond acceptors (Lipinski definition) is 5. The van der Waals surface area contributed by atoms with Gasteiger partial charge in [-0.1, -0.05) is 6.42 Å². The van der Waals surface area contributed by atoms with E-state index in [0.29, 0.717) is 0 Å². The molecule has 182 valence electrons. The minimum absolute atomic E-state index is 0. The van der Waals surface area contributed by atoms with E-state index in [-0.39, 0.29) is 36.1 Å². The normalized spacial score (nSPS) is 19.1. The van der Waals surface area contributed by atoms with Crippen LogP contribution >= 0.6 is 24.0 Å². The number of guanidine groups is 1. The third-order valence-electron chi connectivity index (χ3n) is 5.55. The highest BCUT2D eigenvalue weighted by Crippen LogP contribution is 2.16. The summed E-state index contributed by atoms with van der Waals surface area (Å²) in [4.78, 5) is 19.1. The van der Waals surface area contributed by atoms with Crippen molar-refractivity contribution in [1.29, 1.82) is 0 Å². The van der Waals surface area contributed by atoms with E-state index in [9.17, 15) is 4.79 Å². The summed E-state index contributed by atoms with van der Waals surface area (Å²) in [5.74, 6) is 3.15. The van der Waals surface area contributed by atoms with Crippen molar-refractivity contribution < 1.29 is 9.53 Å². The van der Waals surface area contributed by atoms with E-state index in [2.05, 4.69) is 37.2 Å². The van der Waals surface area contributed by atoms with Crippen molar-refractivity contribution in [1.82, 2.24) is 30.3 Å². The van der Waals surface area contributed by atoms with Crippen LogP contribution in [0.3, 0.4) is 0 Å². The molecule has 2 aliphatic rings. The van der Waals surface area contributed by atoms with E-state index in [4.69, 9.17) is 9.73 Å². The zero-order valence-corrected chi connectivity index (χ0v) is 22.4. The molecule has 1 aromatic rings. The second-order valence-corrected chi connectivity index (χ2v) is 9.41. The number of nitrogens with zero attached hydrogens (tertiary/aromatic N) is 5. The number of rotatable bonds is 6. The Kier molecular flexibility index (Phi) is 10.5. The number of carbonyl (C=O) groups excluding carboxylic acids is 1. The van der Waals surface area contributed by atoms with Crippen LogP contribution in [-0.4, -0.2) is 69.5 Å². The zero-order chi connectivity index (χ0) is 22.3. The van der Waals surface area contributed by atoms with Crippen molar-refractivity contribution in [3.05, 3.63) is 11.6 Å². The molecule has 1 saturated heterocycles. The van der Waals surface area contributed by atoms with Gasteiger partial charge in [0.2, 0.25) is 0 Å². The lowest BCUT2D eigenvalue weighted by Crippen LogP contribution is -2.44. The van der Waals surface area contributed by atoms with E-state index >= 15 is 0 Å². The number of nitrogens with one attached hydrogen (secondary N) is 2. The first-order valence-electron chi connectivity index (χ1n) is 11.8. The van der Waals surface area contributed by atoms with Crippen molar-refractivity contribution >= 4 is 36.0 Å². The number of likely N-dealkylation sites (tertiary alicyclic amines) is 1. The van der Waals surface area contributed by atoms with Crippen LogP contribution in [0.15, 0.2) is 4.99 Å². The highest BCUT2D eigenvalue weighted by atomic mass is 127. The Labute approximate surface area is 209 Å². The van der Waals surface area contributed by atoms with Crippen molar-refractivity contribution in [3.63, 3.8) is 0 Å². The number of amides is 1. The number of hydrogen-bond donors (Lipinski definition) is 2. The van der Waals surface area contributed by atoms with E-state index in [0.717, 1.165) is 76.0 Å². The summed E-state index contributed by atoms with van der Waals surface area (Å²) in [7, 11) is 0. The van der Waals surface area contributed by atoms with E-state index in [1.165, 1.54) is 19.3 Å². The molecule has 3 heterocycles. The molecule has 1 fully saturated rings. The molecular weight excluding hydrogens is 521 g/mol. The average molecular weight is 562 g/mol. The molecule has 0 bridgehead atoms. The van der Waals surface area contributed by atoms with Gasteiger partial charge < -0.3 is 24.8 Å². The zero-order valence-electron chi connectivity index (χ0n) is 20.0. The van der Waals surface area contributed by atoms with Gasteiger partial charge in [0.05, 0.1) is 6.04 Å². The topological polar surface area (TPSA) is 96.7 Å². The van der Waals surface area contributed by atoms with Crippen LogP contribution in [0.25, 0.3) is 0 Å². The van der Waals surface area contributed by atoms with Gasteiger partial charge in [0.25, 0.3) is 0 Å². The smallest absolute Gasteiger partial charge is 0.407 e. The molecule has 1 atom stereocenters. The molecule has 2 aliphatic heterocycles. The molecule has 2 N–H and O–H groups in total. The largest absolute Gasteiger partial charge is 0.444 e. The van der Waals surface area contributed by atoms with Crippen molar-refractivity contribution in [2.24, 2.45) is 4.99 Å². The van der Waals surface area contributed by atoms with Crippen LogP contribution in [-0.2, 0) is 24.1 Å². The standard InChI is InChI=1S/C22H39N7O2.HI/c1-5-23-20(28-15-12-17(16-28)25-21(30)31-22(2,3)4)24-13-9-11-19-27-26-18-10-7-6-8-14-29(18)19;/h17H,5-16H2,1-4H3,(H,23,24)(H,25,30);1H. The molecule has 1 amide bonds. The minimum atomic E-state index is -0.485. The van der Waals surface area contributed by atoms with Gasteiger partial charge in [-0.3, -0.25) is 4.99 Å². The number of aliphatic imine (C=N–C) groups is 1. The molecule has 0 radical (unpaired) electrons. The van der Waals surface area contributed by atoms with Gasteiger partial charge in [0, 0.05) is 45.6 Å². The first kappa shape index (κ1) is 26.7. The van der Waals surface area contributed by atoms with Gasteiger partial charge in [-0.2, -0.15) is 0 Å². The quantitative estimate of drug-likeness (QED) is 0.240. The summed E-state index contributed by atoms with van der Waals surface area (Å²) in [6.45, 7) is 11.9. The number of aromatic nitrogens is 3. The molecule has 10 heteroatoms. The molecule has 0 saturated carbocycles. The molecule has 3 rings (SSSR count). The number of halogens is 1. The van der Waals surface area contributed by atoms with Gasteiger partial charge in [-0.25, -0.2) is 4.79 Å². The summed E-state index contributed by atoms with van der Waals surface area (Å²) < 4.78 is 7.69. The van der Waals surface area contributed by atoms with Crippen molar-refractivity contribution in [3.8, 4) is 0 Å². The Morgan fingerprint density at radius 3 is 2.78 bits per heavy atom. The summed E-state index contributed by atoms with van der Waals surface area (Å²) in [5.41, 5.74) is -0.485. The number of alkyl carbamates (subject to hydrolysis) is 1. The fourth-order valence-corrected chi connectivity index (χ4v) is 4.12. The van der Waals surface area contributed by atoms with Crippen molar-refractivity contribution in [2.45, 2.75) is 90.8 Å². The Balaban J connectivity index is 0.00000363. The molecule has 9 nitrogen and oxygen atoms in total. The SMILES string of the molecule is CCNC(=NCCCc1nnc2n1CCCCC2)N1CCC(NC(=O)OC(C)(C)C)C1.I. The Morgan fingerprint density at radius 2 is 2.03 bits per heavy atom. The van der Waals surface area contributed by atoms with Gasteiger partial charge in [0.15, 0.2) is 5.96 Å². The lowest BCUT2D eigenvalue weighted by molar-refractivity contribution is 0.0507. The van der Waals surface area contributed by atoms with Crippen LogP contribution in [0.4, 0.5) is 4.79 Å². The second kappa shape index (κ2) is 12.6. The molecule has 0 aromatic carbocycles. The van der Waals surface area contributed by atoms with Gasteiger partial charge in [-0.15, -0.1) is 34.2 Å². The predicted octanol–water partition coefficient (Wildman–Crippen LogP) is 3.12. The molecular formula is C22H40IN7O2. The highest BCUT2D eigenvalue weighted by Gasteiger charge is 2.27. The fourth-order valence-electron chi connectivity index (χ4n) is 4.12. The first-order chi connectivity index (χ1) is 14.9. The van der Waals surface area contributed by atoms with Crippen LogP contribution < -0.4 is 10.6 Å². The number of ether oxygens (including phenoxy) is 1. The Hall–Kier alpha value is -1.59. The second-order valence-electron chi connectivity index (χ2n) is 9.41. The van der Waals surface area contributed by atoms with Crippen LogP contribution in [0, 0.1) is 0 Å². The summed E-state index contributed by atoms with van der Waals surface area (Å²) in [6, 6.07) is 0.0742. The Morgan fingerprint density at radius 1 is 1.22 bits per heavy atom. The van der Waals surface area contributed by atoms with Crippen molar-refractivity contribution in [2.75, 3.05) is 26.2 Å². The lowest BCUT2D eigenvalue weighted by atomic mass is 10.2. The van der Waals surface area contributed by atoms with E-state index in [1.54, 1.807) is 0 Å². The molecule has 0 spiro atoms. The monoisotopic (exact) mass is 561 g/mol. The third-order valence-corrected chi connectivity index (χ3v) is 5.55. The number of fused-ring (bicyclic) bond motifs is 1. The highest BCUT2D eigenvalue weighted by molar-refractivity contribution is 14.0. The van der Waals surface area contributed by atoms with Crippen LogP contribution in [0.1, 0.15) is 71.4 Å². The lowest BCUT2D eigenvalue weighted by Gasteiger charge is -2.23. The maximum atomic E-state index is 12.1. The number of aryl methyl sites for hydroxylation is 2. The summed E-state index contributed by atoms with van der Waals surface area (Å²) in [6.07, 6.45) is 7.13. The fraction of sp³-hybridized carbons (Fsp3) is 0.818. The van der Waals surface area contributed by atoms with Crippen LogP contribution in [0.2, 0.25) is 0 Å². The minimum Gasteiger partial charge on any atom is -0.444 e. The molecule has 32 heavy (non-hydrogen) atoms.